The summed E-state index contributed by atoms with van der Waals surface area (Å²) in [5.41, 5.74) is 4.66. The van der Waals surface area contributed by atoms with Gasteiger partial charge < -0.3 is 4.74 Å². The Hall–Kier alpha value is -3.80. The number of hydrogen-bond donors (Lipinski definition) is 1. The number of nitro groups is 1. The molecule has 0 spiro atoms. The number of esters is 1. The molecule has 3 rings (SSSR count). The number of benzene rings is 2. The van der Waals surface area contributed by atoms with Gasteiger partial charge in [0.2, 0.25) is 10.2 Å². The number of carbonyl (C=O) groups is 1. The van der Waals surface area contributed by atoms with Crippen LogP contribution < -0.4 is 5.43 Å². The van der Waals surface area contributed by atoms with Crippen LogP contribution in [0.3, 0.4) is 0 Å². The Labute approximate surface area is 175 Å². The van der Waals surface area contributed by atoms with Crippen molar-refractivity contribution in [2.24, 2.45) is 5.10 Å². The van der Waals surface area contributed by atoms with E-state index in [-0.39, 0.29) is 17.3 Å². The minimum Gasteiger partial charge on any atom is -0.461 e. The Bertz CT molecular complexity index is 1080. The van der Waals surface area contributed by atoms with Crippen LogP contribution in [0, 0.1) is 17.0 Å². The van der Waals surface area contributed by atoms with Gasteiger partial charge in [0.05, 0.1) is 22.9 Å². The highest BCUT2D eigenvalue weighted by Crippen LogP contribution is 2.22. The molecule has 0 aliphatic rings. The fourth-order valence-electron chi connectivity index (χ4n) is 2.28. The Morgan fingerprint density at radius 3 is 2.77 bits per heavy atom. The van der Waals surface area contributed by atoms with Crippen LogP contribution in [0.25, 0.3) is 5.69 Å². The molecule has 154 valence electrons. The summed E-state index contributed by atoms with van der Waals surface area (Å²) < 4.78 is 6.51. The molecule has 11 nitrogen and oxygen atoms in total. The number of nitro benzene ring substituents is 1. The number of nitrogens with one attached hydrogen (secondary N) is 1. The second-order valence-corrected chi connectivity index (χ2v) is 6.82. The molecule has 2 aromatic carbocycles. The summed E-state index contributed by atoms with van der Waals surface area (Å²) in [6, 6.07) is 13.3. The van der Waals surface area contributed by atoms with Crippen molar-refractivity contribution < 1.29 is 14.5 Å². The molecular weight excluding hydrogens is 410 g/mol. The van der Waals surface area contributed by atoms with Crippen LogP contribution in [-0.4, -0.2) is 42.8 Å². The maximum atomic E-state index is 12.4. The number of hydrazone groups is 1. The third-order valence-corrected chi connectivity index (χ3v) is 4.59. The van der Waals surface area contributed by atoms with E-state index in [9.17, 15) is 14.9 Å². The zero-order valence-electron chi connectivity index (χ0n) is 16.1. The van der Waals surface area contributed by atoms with Gasteiger partial charge in [0.25, 0.3) is 5.69 Å². The molecule has 0 bridgehead atoms. The quantitative estimate of drug-likeness (QED) is 0.157. The van der Waals surface area contributed by atoms with Gasteiger partial charge >= 0.3 is 5.97 Å². The molecule has 0 aliphatic heterocycles. The summed E-state index contributed by atoms with van der Waals surface area (Å²) >= 11 is 0.905. The number of tetrazole rings is 1. The number of non-ortho nitro benzene ring substituents is 1. The van der Waals surface area contributed by atoms with Crippen molar-refractivity contribution in [3.8, 4) is 5.69 Å². The standard InChI is InChI=1S/C18H17N7O4S/c1-3-29-17(26)16(20-19-13-5-4-6-15(11-13)25(27)28)30-18-21-22-23-24(18)14-9-7-12(2)8-10-14/h4-11,19H,3H2,1-2H3/b20-16+. The van der Waals surface area contributed by atoms with Crippen LogP contribution in [0.2, 0.25) is 0 Å². The maximum Gasteiger partial charge on any atom is 0.365 e. The van der Waals surface area contributed by atoms with E-state index in [1.807, 2.05) is 31.2 Å². The predicted molar refractivity (Wildman–Crippen MR) is 111 cm³/mol. The molecule has 30 heavy (non-hydrogen) atoms. The number of ether oxygens (including phenoxy) is 1. The van der Waals surface area contributed by atoms with Gasteiger partial charge in [-0.1, -0.05) is 23.8 Å². The highest BCUT2D eigenvalue weighted by molar-refractivity contribution is 8.15. The highest BCUT2D eigenvalue weighted by Gasteiger charge is 2.20. The molecule has 0 saturated heterocycles. The largest absolute Gasteiger partial charge is 0.461 e. The molecular formula is C18H17N7O4S. The number of aryl methyl sites for hydroxylation is 1. The summed E-state index contributed by atoms with van der Waals surface area (Å²) in [5, 5.41) is 26.8. The lowest BCUT2D eigenvalue weighted by Crippen LogP contribution is -2.17. The molecule has 1 heterocycles. The van der Waals surface area contributed by atoms with Crippen LogP contribution >= 0.6 is 11.8 Å². The van der Waals surface area contributed by atoms with Crippen molar-refractivity contribution in [3.63, 3.8) is 0 Å². The second-order valence-electron chi connectivity index (χ2n) is 5.87. The summed E-state index contributed by atoms with van der Waals surface area (Å²) in [6.07, 6.45) is 0. The van der Waals surface area contributed by atoms with Gasteiger partial charge in [0.1, 0.15) is 0 Å². The van der Waals surface area contributed by atoms with Crippen molar-refractivity contribution in [3.05, 3.63) is 64.2 Å². The fraction of sp³-hybridized carbons (Fsp3) is 0.167. The van der Waals surface area contributed by atoms with Gasteiger partial charge in [-0.2, -0.15) is 9.78 Å². The summed E-state index contributed by atoms with van der Waals surface area (Å²) in [4.78, 5) is 22.8. The van der Waals surface area contributed by atoms with E-state index < -0.39 is 10.9 Å². The first-order chi connectivity index (χ1) is 14.5. The third-order valence-electron chi connectivity index (χ3n) is 3.70. The number of rotatable bonds is 6. The van der Waals surface area contributed by atoms with Gasteiger partial charge in [-0.3, -0.25) is 15.5 Å². The summed E-state index contributed by atoms with van der Waals surface area (Å²) in [6.45, 7) is 3.78. The van der Waals surface area contributed by atoms with Gasteiger partial charge in [0.15, 0.2) is 0 Å². The monoisotopic (exact) mass is 427 g/mol. The van der Waals surface area contributed by atoms with Crippen LogP contribution in [0.4, 0.5) is 11.4 Å². The zero-order chi connectivity index (χ0) is 21.5. The number of nitrogens with zero attached hydrogens (tertiary/aromatic N) is 6. The maximum absolute atomic E-state index is 12.4. The zero-order valence-corrected chi connectivity index (χ0v) is 16.9. The molecule has 0 atom stereocenters. The van der Waals surface area contributed by atoms with Crippen LogP contribution in [-0.2, 0) is 9.53 Å². The molecule has 0 radical (unpaired) electrons. The van der Waals surface area contributed by atoms with E-state index in [2.05, 4.69) is 26.1 Å². The lowest BCUT2D eigenvalue weighted by Gasteiger charge is -2.07. The number of hydrogen-bond acceptors (Lipinski definition) is 10. The molecule has 3 aromatic rings. The van der Waals surface area contributed by atoms with E-state index in [0.29, 0.717) is 16.5 Å². The molecule has 0 saturated carbocycles. The average Bonchev–Trinajstić information content (AvgIpc) is 3.20. The predicted octanol–water partition coefficient (Wildman–Crippen LogP) is 2.96. The number of anilines is 1. The Morgan fingerprint density at radius 1 is 1.30 bits per heavy atom. The number of carbonyl (C=O) groups excluding carboxylic acids is 1. The van der Waals surface area contributed by atoms with E-state index in [1.54, 1.807) is 13.0 Å². The third kappa shape index (κ3) is 5.17. The first-order valence-electron chi connectivity index (χ1n) is 8.76. The average molecular weight is 427 g/mol. The second kappa shape index (κ2) is 9.60. The molecule has 1 aromatic heterocycles. The lowest BCUT2D eigenvalue weighted by atomic mass is 10.2. The van der Waals surface area contributed by atoms with Gasteiger partial charge in [-0.05, 0) is 54.2 Å². The molecule has 0 amide bonds. The number of thioether (sulfide) groups is 1. The smallest absolute Gasteiger partial charge is 0.365 e. The Morgan fingerprint density at radius 2 is 2.07 bits per heavy atom. The number of aromatic nitrogens is 4. The fourth-order valence-corrected chi connectivity index (χ4v) is 3.00. The Kier molecular flexibility index (Phi) is 6.70. The molecule has 0 fully saturated rings. The van der Waals surface area contributed by atoms with Crippen molar-refractivity contribution in [1.29, 1.82) is 0 Å². The summed E-state index contributed by atoms with van der Waals surface area (Å²) in [5.74, 6) is -0.682. The van der Waals surface area contributed by atoms with E-state index >= 15 is 0 Å². The first kappa shape index (κ1) is 20.9. The van der Waals surface area contributed by atoms with Gasteiger partial charge in [-0.25, -0.2) is 4.79 Å². The van der Waals surface area contributed by atoms with Crippen LogP contribution in [0.5, 0.6) is 0 Å². The minimum absolute atomic E-state index is 0.0634. The van der Waals surface area contributed by atoms with E-state index in [1.165, 1.54) is 22.9 Å². The lowest BCUT2D eigenvalue weighted by molar-refractivity contribution is -0.384. The minimum atomic E-state index is -0.682. The van der Waals surface area contributed by atoms with E-state index in [4.69, 9.17) is 4.74 Å². The first-order valence-corrected chi connectivity index (χ1v) is 9.58. The van der Waals surface area contributed by atoms with Crippen molar-refractivity contribution in [2.45, 2.75) is 19.0 Å². The van der Waals surface area contributed by atoms with Crippen molar-refractivity contribution >= 4 is 34.1 Å². The van der Waals surface area contributed by atoms with Crippen LogP contribution in [0.15, 0.2) is 58.8 Å². The molecule has 1 N–H and O–H groups in total. The topological polar surface area (TPSA) is 137 Å². The van der Waals surface area contributed by atoms with Gasteiger partial charge in [-0.15, -0.1) is 5.10 Å². The van der Waals surface area contributed by atoms with Crippen molar-refractivity contribution in [2.75, 3.05) is 12.0 Å². The molecule has 0 unspecified atom stereocenters. The molecule has 0 aliphatic carbocycles. The van der Waals surface area contributed by atoms with E-state index in [0.717, 1.165) is 17.3 Å². The van der Waals surface area contributed by atoms with Gasteiger partial charge in [0, 0.05) is 12.1 Å². The summed E-state index contributed by atoms with van der Waals surface area (Å²) in [7, 11) is 0. The SMILES string of the molecule is CCOC(=O)/C(=N\Nc1cccc([N+](=O)[O-])c1)Sc1nnnn1-c1ccc(C)cc1. The Balaban J connectivity index is 1.87. The van der Waals surface area contributed by atoms with Crippen molar-refractivity contribution in [1.82, 2.24) is 20.2 Å². The van der Waals surface area contributed by atoms with Crippen LogP contribution in [0.1, 0.15) is 12.5 Å². The normalized spacial score (nSPS) is 11.2. The molecule has 12 heteroatoms. The highest BCUT2D eigenvalue weighted by atomic mass is 32.2.